The number of rotatable bonds is 5. The lowest BCUT2D eigenvalue weighted by atomic mass is 9.90. The van der Waals surface area contributed by atoms with Gasteiger partial charge in [-0.1, -0.05) is 30.7 Å². The molecule has 1 unspecified atom stereocenters. The van der Waals surface area contributed by atoms with E-state index in [1.54, 1.807) is 18.2 Å². The molecule has 1 heterocycles. The number of carbonyl (C=O) groups excluding carboxylic acids is 2. The Morgan fingerprint density at radius 2 is 1.79 bits per heavy atom. The summed E-state index contributed by atoms with van der Waals surface area (Å²) in [5.74, 6) is -0.421. The lowest BCUT2D eigenvalue weighted by Gasteiger charge is -2.20. The Kier molecular flexibility index (Phi) is 6.97. The fraction of sp³-hybridized carbons (Fsp3) is 0.250. The van der Waals surface area contributed by atoms with E-state index >= 15 is 0 Å². The second-order valence-electron chi connectivity index (χ2n) is 8.30. The van der Waals surface area contributed by atoms with E-state index in [9.17, 15) is 18.0 Å². The highest BCUT2D eigenvalue weighted by atomic mass is 35.5. The van der Waals surface area contributed by atoms with Crippen LogP contribution < -0.4 is 15.2 Å². The Morgan fingerprint density at radius 1 is 1.06 bits per heavy atom. The van der Waals surface area contributed by atoms with Gasteiger partial charge in [0.25, 0.3) is 21.8 Å². The molecule has 0 spiro atoms. The van der Waals surface area contributed by atoms with Gasteiger partial charge < -0.3 is 0 Å². The number of anilines is 1. The van der Waals surface area contributed by atoms with Crippen molar-refractivity contribution in [2.75, 3.05) is 11.4 Å². The van der Waals surface area contributed by atoms with Crippen molar-refractivity contribution in [2.24, 2.45) is 5.92 Å². The van der Waals surface area contributed by atoms with E-state index in [4.69, 9.17) is 11.6 Å². The topological polar surface area (TPSA) is 95.6 Å². The highest BCUT2D eigenvalue weighted by Crippen LogP contribution is 2.32. The number of thiophene rings is 1. The molecule has 3 aromatic rings. The minimum absolute atomic E-state index is 0.0611. The minimum atomic E-state index is -3.94. The molecule has 0 aliphatic heterocycles. The van der Waals surface area contributed by atoms with Crippen molar-refractivity contribution in [1.82, 2.24) is 10.9 Å². The minimum Gasteiger partial charge on any atom is -0.269 e. The second kappa shape index (κ2) is 9.77. The number of amides is 2. The molecule has 10 heteroatoms. The monoisotopic (exact) mass is 517 g/mol. The zero-order chi connectivity index (χ0) is 24.5. The van der Waals surface area contributed by atoms with Crippen molar-refractivity contribution in [1.29, 1.82) is 0 Å². The summed E-state index contributed by atoms with van der Waals surface area (Å²) in [6.07, 6.45) is 3.03. The fourth-order valence-corrected chi connectivity index (χ4v) is 6.35. The van der Waals surface area contributed by atoms with Crippen LogP contribution in [0.4, 0.5) is 5.69 Å². The summed E-state index contributed by atoms with van der Waals surface area (Å²) in [5.41, 5.74) is 6.49. The fourth-order valence-electron chi connectivity index (χ4n) is 3.83. The lowest BCUT2D eigenvalue weighted by Crippen LogP contribution is -2.41. The predicted octanol–water partition coefficient (Wildman–Crippen LogP) is 4.43. The van der Waals surface area contributed by atoms with Gasteiger partial charge in [-0.15, -0.1) is 11.3 Å². The summed E-state index contributed by atoms with van der Waals surface area (Å²) in [6, 6.07) is 14.0. The third-order valence-corrected chi connectivity index (χ3v) is 9.02. The van der Waals surface area contributed by atoms with Gasteiger partial charge in [0.1, 0.15) is 0 Å². The molecule has 2 amide bonds. The first-order chi connectivity index (χ1) is 16.1. The molecule has 2 N–H and O–H groups in total. The maximum atomic E-state index is 13.1. The summed E-state index contributed by atoms with van der Waals surface area (Å²) < 4.78 is 27.2. The third kappa shape index (κ3) is 5.11. The molecule has 0 bridgehead atoms. The zero-order valence-electron chi connectivity index (χ0n) is 18.7. The van der Waals surface area contributed by atoms with Crippen LogP contribution in [0.2, 0.25) is 5.02 Å². The number of aryl methyl sites for hydroxylation is 1. The number of carbonyl (C=O) groups is 2. The molecule has 2 aromatic carbocycles. The zero-order valence-corrected chi connectivity index (χ0v) is 21.1. The van der Waals surface area contributed by atoms with E-state index in [1.807, 2.05) is 6.07 Å². The normalized spacial score (nSPS) is 15.3. The van der Waals surface area contributed by atoms with Gasteiger partial charge in [-0.2, -0.15) is 0 Å². The number of hydrogen-bond donors (Lipinski definition) is 2. The second-order valence-corrected chi connectivity index (χ2v) is 11.8. The van der Waals surface area contributed by atoms with Crippen molar-refractivity contribution < 1.29 is 18.0 Å². The Hall–Kier alpha value is -2.88. The number of benzene rings is 2. The molecule has 1 aliphatic carbocycles. The van der Waals surface area contributed by atoms with Crippen molar-refractivity contribution in [3.8, 4) is 0 Å². The van der Waals surface area contributed by atoms with Crippen molar-refractivity contribution >= 4 is 50.5 Å². The first-order valence-electron chi connectivity index (χ1n) is 10.7. The van der Waals surface area contributed by atoms with Crippen LogP contribution >= 0.6 is 22.9 Å². The van der Waals surface area contributed by atoms with Gasteiger partial charge in [0.05, 0.1) is 15.5 Å². The Labute approximate surface area is 207 Å². The Morgan fingerprint density at radius 3 is 2.56 bits per heavy atom. The molecule has 0 fully saturated rings. The van der Waals surface area contributed by atoms with Crippen LogP contribution in [-0.2, 0) is 22.9 Å². The molecule has 178 valence electrons. The molecule has 34 heavy (non-hydrogen) atoms. The number of nitrogens with one attached hydrogen (secondary N) is 2. The maximum Gasteiger partial charge on any atom is 0.279 e. The molecule has 4 rings (SSSR count). The molecule has 1 aromatic heterocycles. The highest BCUT2D eigenvalue weighted by Gasteiger charge is 2.24. The molecule has 0 radical (unpaired) electrons. The van der Waals surface area contributed by atoms with Gasteiger partial charge in [-0.3, -0.25) is 24.7 Å². The number of hydrogen-bond acceptors (Lipinski definition) is 5. The average molecular weight is 518 g/mol. The summed E-state index contributed by atoms with van der Waals surface area (Å²) in [6.45, 7) is 2.20. The van der Waals surface area contributed by atoms with Crippen LogP contribution in [0.15, 0.2) is 59.5 Å². The van der Waals surface area contributed by atoms with Crippen molar-refractivity contribution in [3.05, 3.63) is 80.5 Å². The highest BCUT2D eigenvalue weighted by molar-refractivity contribution is 7.92. The average Bonchev–Trinajstić information content (AvgIpc) is 3.25. The first kappa shape index (κ1) is 24.3. The molecular formula is C24H24ClN3O4S2. The van der Waals surface area contributed by atoms with Crippen LogP contribution in [0.3, 0.4) is 0 Å². The van der Waals surface area contributed by atoms with E-state index < -0.39 is 21.8 Å². The van der Waals surface area contributed by atoms with E-state index in [0.717, 1.165) is 23.6 Å². The Balaban J connectivity index is 1.45. The van der Waals surface area contributed by atoms with Crippen LogP contribution in [-0.4, -0.2) is 27.3 Å². The van der Waals surface area contributed by atoms with Crippen LogP contribution in [0.25, 0.3) is 0 Å². The molecule has 7 nitrogen and oxygen atoms in total. The largest absolute Gasteiger partial charge is 0.279 e. The molecular weight excluding hydrogens is 494 g/mol. The van der Waals surface area contributed by atoms with E-state index in [2.05, 4.69) is 17.8 Å². The maximum absolute atomic E-state index is 13.1. The standard InChI is InChI=1S/C24H24ClN3O4S2/c1-15-9-10-21-17(11-15)13-22(33-21)24(30)27-26-23(29)16-5-3-8-20(12-16)34(31,32)28(2)19-7-4-6-18(25)14-19/h3-8,12-15H,9-11H2,1-2H3,(H,26,29)(H,27,30). The Bertz CT molecular complexity index is 1350. The SMILES string of the molecule is CC1CCc2sc(C(=O)NNC(=O)c3cccc(S(=O)(=O)N(C)c4cccc(Cl)c4)c3)cc2C1. The number of nitrogens with zero attached hydrogens (tertiary/aromatic N) is 1. The van der Waals surface area contributed by atoms with Crippen LogP contribution in [0.5, 0.6) is 0 Å². The summed E-state index contributed by atoms with van der Waals surface area (Å²) in [5, 5.41) is 0.407. The number of hydrazine groups is 1. The number of sulfonamides is 1. The molecule has 0 saturated carbocycles. The van der Waals surface area contributed by atoms with Gasteiger partial charge in [-0.05, 0) is 73.2 Å². The summed E-state index contributed by atoms with van der Waals surface area (Å²) in [7, 11) is -2.52. The smallest absolute Gasteiger partial charge is 0.269 e. The van der Waals surface area contributed by atoms with Crippen molar-refractivity contribution in [2.45, 2.75) is 31.1 Å². The van der Waals surface area contributed by atoms with E-state index in [1.165, 1.54) is 59.2 Å². The van der Waals surface area contributed by atoms with Gasteiger partial charge in [0, 0.05) is 22.5 Å². The van der Waals surface area contributed by atoms with Crippen LogP contribution in [0, 0.1) is 5.92 Å². The quantitative estimate of drug-likeness (QED) is 0.489. The predicted molar refractivity (Wildman–Crippen MR) is 134 cm³/mol. The van der Waals surface area contributed by atoms with Gasteiger partial charge in [0.15, 0.2) is 0 Å². The van der Waals surface area contributed by atoms with Crippen molar-refractivity contribution in [3.63, 3.8) is 0 Å². The third-order valence-electron chi connectivity index (χ3n) is 5.77. The van der Waals surface area contributed by atoms with Crippen LogP contribution in [0.1, 0.15) is 43.8 Å². The number of fused-ring (bicyclic) bond motifs is 1. The van der Waals surface area contributed by atoms with E-state index in [0.29, 0.717) is 21.5 Å². The van der Waals surface area contributed by atoms with Gasteiger partial charge >= 0.3 is 0 Å². The first-order valence-corrected chi connectivity index (χ1v) is 13.4. The molecule has 1 atom stereocenters. The lowest BCUT2D eigenvalue weighted by molar-refractivity contribution is 0.0848. The van der Waals surface area contributed by atoms with Gasteiger partial charge in [-0.25, -0.2) is 8.42 Å². The van der Waals surface area contributed by atoms with Gasteiger partial charge in [0.2, 0.25) is 0 Å². The molecule has 0 saturated heterocycles. The summed E-state index contributed by atoms with van der Waals surface area (Å²) in [4.78, 5) is 26.9. The van der Waals surface area contributed by atoms with E-state index in [-0.39, 0.29) is 10.5 Å². The number of halogens is 1. The summed E-state index contributed by atoms with van der Waals surface area (Å²) >= 11 is 7.43. The molecule has 1 aliphatic rings.